The van der Waals surface area contributed by atoms with E-state index in [1.807, 2.05) is 25.1 Å². The van der Waals surface area contributed by atoms with Crippen LogP contribution in [-0.4, -0.2) is 46.5 Å². The average molecular weight is 378 g/mol. The average Bonchev–Trinajstić information content (AvgIpc) is 3.15. The molecule has 0 unspecified atom stereocenters. The van der Waals surface area contributed by atoms with Gasteiger partial charge >= 0.3 is 6.07 Å². The molecule has 3 heterocycles. The molecule has 0 aromatic carbocycles. The van der Waals surface area contributed by atoms with Gasteiger partial charge in [-0.15, -0.1) is 0 Å². The molecule has 6 heteroatoms. The molecule has 1 aliphatic heterocycles. The van der Waals surface area contributed by atoms with Gasteiger partial charge in [0.15, 0.2) is 18.8 Å². The summed E-state index contributed by atoms with van der Waals surface area (Å²) in [4.78, 5) is 23.3. The molecule has 6 nitrogen and oxygen atoms in total. The highest BCUT2D eigenvalue weighted by Gasteiger charge is 2.39. The molecule has 4 rings (SSSR count). The van der Waals surface area contributed by atoms with Gasteiger partial charge in [-0.05, 0) is 25.0 Å². The minimum atomic E-state index is 0.0622. The molecule has 144 valence electrons. The van der Waals surface area contributed by atoms with E-state index in [9.17, 15) is 4.79 Å². The molecule has 0 amide bonds. The number of aryl methyl sites for hydroxylation is 1. The molecule has 1 saturated heterocycles. The summed E-state index contributed by atoms with van der Waals surface area (Å²) in [7, 11) is 1.69. The van der Waals surface area contributed by atoms with Crippen LogP contribution in [0.3, 0.4) is 0 Å². The second-order valence-electron chi connectivity index (χ2n) is 7.49. The molecular formula is C22H26N4O2+2. The Morgan fingerprint density at radius 1 is 1.32 bits per heavy atom. The first kappa shape index (κ1) is 18.4. The summed E-state index contributed by atoms with van der Waals surface area (Å²) in [5.41, 5.74) is 4.31. The van der Waals surface area contributed by atoms with Gasteiger partial charge in [-0.1, -0.05) is 17.8 Å². The maximum absolute atomic E-state index is 12.1. The van der Waals surface area contributed by atoms with Crippen molar-refractivity contribution in [1.82, 2.24) is 9.97 Å². The number of H-pyrrole nitrogens is 1. The van der Waals surface area contributed by atoms with Gasteiger partial charge < -0.3 is 9.72 Å². The molecule has 1 atom stereocenters. The minimum absolute atomic E-state index is 0.0622. The van der Waals surface area contributed by atoms with Crippen LogP contribution in [0, 0.1) is 6.07 Å². The van der Waals surface area contributed by atoms with Gasteiger partial charge in [0, 0.05) is 36.1 Å². The molecule has 1 N–H and O–H groups in total. The lowest BCUT2D eigenvalue weighted by molar-refractivity contribution is -0.605. The summed E-state index contributed by atoms with van der Waals surface area (Å²) in [5, 5.41) is 0. The fourth-order valence-corrected chi connectivity index (χ4v) is 4.00. The van der Waals surface area contributed by atoms with E-state index in [4.69, 9.17) is 4.74 Å². The third kappa shape index (κ3) is 3.84. The van der Waals surface area contributed by atoms with Crippen molar-refractivity contribution < 1.29 is 9.31 Å². The first-order valence-electron chi connectivity index (χ1n) is 9.95. The van der Waals surface area contributed by atoms with E-state index in [1.165, 1.54) is 5.71 Å². The fourth-order valence-electron chi connectivity index (χ4n) is 4.00. The van der Waals surface area contributed by atoms with Crippen LogP contribution in [0.15, 0.2) is 35.3 Å². The van der Waals surface area contributed by atoms with E-state index >= 15 is 0 Å². The minimum Gasteiger partial charge on any atom is -0.461 e. The Kier molecular flexibility index (Phi) is 5.25. The first-order chi connectivity index (χ1) is 13.7. The molecule has 2 aromatic rings. The Balaban J connectivity index is 1.34. The van der Waals surface area contributed by atoms with Crippen LogP contribution in [0.2, 0.25) is 0 Å². The SMILES string of the molecule is CCc1ccc([C@@H]2CCC(=[N+]3CC(Oc4ccc(C#[N+]C)cn4)C3)C2)[nH]c1=O. The highest BCUT2D eigenvalue weighted by Crippen LogP contribution is 2.32. The molecule has 1 aliphatic carbocycles. The summed E-state index contributed by atoms with van der Waals surface area (Å²) >= 11 is 0. The van der Waals surface area contributed by atoms with Gasteiger partial charge in [0.2, 0.25) is 12.0 Å². The van der Waals surface area contributed by atoms with Crippen LogP contribution in [0.5, 0.6) is 5.88 Å². The summed E-state index contributed by atoms with van der Waals surface area (Å²) < 4.78 is 8.37. The molecule has 0 radical (unpaired) electrons. The maximum atomic E-state index is 12.1. The van der Waals surface area contributed by atoms with Gasteiger partial charge in [0.05, 0.1) is 6.20 Å². The van der Waals surface area contributed by atoms with Crippen molar-refractivity contribution in [2.24, 2.45) is 0 Å². The van der Waals surface area contributed by atoms with Crippen LogP contribution < -0.4 is 10.3 Å². The van der Waals surface area contributed by atoms with Crippen molar-refractivity contribution in [3.8, 4) is 11.9 Å². The van der Waals surface area contributed by atoms with Gasteiger partial charge in [-0.25, -0.2) is 9.56 Å². The van der Waals surface area contributed by atoms with Gasteiger partial charge in [-0.2, -0.15) is 0 Å². The van der Waals surface area contributed by atoms with Gasteiger partial charge in [-0.3, -0.25) is 4.79 Å². The van der Waals surface area contributed by atoms with Crippen molar-refractivity contribution in [2.75, 3.05) is 20.1 Å². The standard InChI is InChI=1S/C22H25N4O2/c1-3-16-6-8-20(25-22(16)27)17-5-7-18(10-17)26-13-19(14-26)28-21-9-4-15(11-23-2)12-24-21/h4,6,8-9,12,17,19H,3,5,7,10,13-14H2,1-2H3/q+1/p+1/t17-,19?/m1/s1. The quantitative estimate of drug-likeness (QED) is 0.832. The summed E-state index contributed by atoms with van der Waals surface area (Å²) in [6.45, 7) is 3.81. The summed E-state index contributed by atoms with van der Waals surface area (Å²) in [6.07, 6.45) is 5.88. The van der Waals surface area contributed by atoms with Crippen LogP contribution >= 0.6 is 0 Å². The van der Waals surface area contributed by atoms with E-state index in [0.717, 1.165) is 55.6 Å². The number of hydrogen-bond acceptors (Lipinski definition) is 3. The van der Waals surface area contributed by atoms with Crippen molar-refractivity contribution in [1.29, 1.82) is 0 Å². The van der Waals surface area contributed by atoms with Crippen LogP contribution in [0.25, 0.3) is 4.85 Å². The molecule has 2 aliphatic rings. The Bertz CT molecular complexity index is 1000. The lowest BCUT2D eigenvalue weighted by Crippen LogP contribution is -2.50. The molecule has 0 bridgehead atoms. The zero-order chi connectivity index (χ0) is 19.5. The zero-order valence-electron chi connectivity index (χ0n) is 16.4. The number of nitrogens with one attached hydrogen (secondary N) is 1. The number of aromatic nitrogens is 2. The molecule has 2 aromatic heterocycles. The Morgan fingerprint density at radius 3 is 2.86 bits per heavy atom. The maximum Gasteiger partial charge on any atom is 0.312 e. The number of nitrogens with zero attached hydrogens (tertiary/aromatic N) is 3. The molecule has 1 saturated carbocycles. The fraction of sp³-hybridized carbons (Fsp3) is 0.455. The van der Waals surface area contributed by atoms with E-state index in [2.05, 4.69) is 31.5 Å². The van der Waals surface area contributed by atoms with Crippen molar-refractivity contribution in [3.05, 3.63) is 62.5 Å². The lowest BCUT2D eigenvalue weighted by Gasteiger charge is -2.25. The normalized spacial score (nSPS) is 21.1. The van der Waals surface area contributed by atoms with E-state index in [1.54, 1.807) is 13.2 Å². The molecule has 0 spiro atoms. The number of pyridine rings is 2. The smallest absolute Gasteiger partial charge is 0.312 e. The number of rotatable bonds is 4. The second kappa shape index (κ2) is 7.97. The van der Waals surface area contributed by atoms with Crippen LogP contribution in [-0.2, 0) is 6.42 Å². The van der Waals surface area contributed by atoms with Crippen molar-refractivity contribution in [3.63, 3.8) is 0 Å². The van der Waals surface area contributed by atoms with Crippen LogP contribution in [0.4, 0.5) is 0 Å². The van der Waals surface area contributed by atoms with Crippen molar-refractivity contribution in [2.45, 2.75) is 44.6 Å². The summed E-state index contributed by atoms with van der Waals surface area (Å²) in [6, 6.07) is 10.7. The molecular weight excluding hydrogens is 352 g/mol. The number of ether oxygens (including phenoxy) is 1. The Morgan fingerprint density at radius 2 is 2.18 bits per heavy atom. The third-order valence-electron chi connectivity index (χ3n) is 5.66. The zero-order valence-corrected chi connectivity index (χ0v) is 16.4. The number of hydrogen-bond donors (Lipinski definition) is 1. The predicted octanol–water partition coefficient (Wildman–Crippen LogP) is 2.83. The number of aromatic amines is 1. The van der Waals surface area contributed by atoms with E-state index < -0.39 is 0 Å². The Hall–Kier alpha value is -2.94. The Labute approximate surface area is 164 Å². The lowest BCUT2D eigenvalue weighted by atomic mass is 10.0. The monoisotopic (exact) mass is 378 g/mol. The first-order valence-corrected chi connectivity index (χ1v) is 9.95. The topological polar surface area (TPSA) is 62.4 Å². The molecule has 28 heavy (non-hydrogen) atoms. The predicted molar refractivity (Wildman–Crippen MR) is 109 cm³/mol. The van der Waals surface area contributed by atoms with E-state index in [-0.39, 0.29) is 11.7 Å². The summed E-state index contributed by atoms with van der Waals surface area (Å²) in [5.74, 6) is 1.06. The van der Waals surface area contributed by atoms with E-state index in [0.29, 0.717) is 11.8 Å². The third-order valence-corrected chi connectivity index (χ3v) is 5.66. The van der Waals surface area contributed by atoms with Crippen molar-refractivity contribution >= 4 is 5.71 Å². The van der Waals surface area contributed by atoms with Gasteiger partial charge in [0.1, 0.15) is 5.56 Å². The second-order valence-corrected chi connectivity index (χ2v) is 7.49. The molecule has 2 fully saturated rings. The van der Waals surface area contributed by atoms with Gasteiger partial charge in [0.25, 0.3) is 12.6 Å². The largest absolute Gasteiger partial charge is 0.461 e. The highest BCUT2D eigenvalue weighted by molar-refractivity contribution is 5.83. The van der Waals surface area contributed by atoms with Crippen LogP contribution in [0.1, 0.15) is 48.9 Å². The highest BCUT2D eigenvalue weighted by atomic mass is 16.5.